The van der Waals surface area contributed by atoms with Gasteiger partial charge in [-0.3, -0.25) is 0 Å². The van der Waals surface area contributed by atoms with Gasteiger partial charge in [0.05, 0.1) is 12.5 Å². The molecule has 0 amide bonds. The maximum Gasteiger partial charge on any atom is 0.223 e. The summed E-state index contributed by atoms with van der Waals surface area (Å²) in [6.07, 6.45) is 4.68. The van der Waals surface area contributed by atoms with E-state index in [1.54, 1.807) is 24.8 Å². The zero-order chi connectivity index (χ0) is 9.26. The molecule has 3 nitrogen and oxygen atoms in total. The van der Waals surface area contributed by atoms with E-state index in [4.69, 9.17) is 27.6 Å². The maximum atomic E-state index is 5.84. The zero-order valence-corrected chi connectivity index (χ0v) is 7.88. The zero-order valence-electron chi connectivity index (χ0n) is 6.37. The molecule has 0 aromatic carbocycles. The van der Waals surface area contributed by atoms with E-state index in [0.29, 0.717) is 10.7 Å². The van der Waals surface area contributed by atoms with Crippen LogP contribution in [0.2, 0.25) is 10.4 Å². The van der Waals surface area contributed by atoms with Gasteiger partial charge in [-0.2, -0.15) is 0 Å². The summed E-state index contributed by atoms with van der Waals surface area (Å²) in [4.78, 5) is 7.63. The van der Waals surface area contributed by atoms with E-state index in [2.05, 4.69) is 9.97 Å². The molecule has 0 aliphatic carbocycles. The molecule has 5 heteroatoms. The van der Waals surface area contributed by atoms with Crippen molar-refractivity contribution in [2.24, 2.45) is 0 Å². The van der Waals surface area contributed by atoms with Crippen LogP contribution in [0.25, 0.3) is 11.1 Å². The summed E-state index contributed by atoms with van der Waals surface area (Å²) in [5.74, 6) is 0. The smallest absolute Gasteiger partial charge is 0.223 e. The van der Waals surface area contributed by atoms with Crippen molar-refractivity contribution < 1.29 is 4.42 Å². The van der Waals surface area contributed by atoms with Crippen molar-refractivity contribution in [1.82, 2.24) is 9.97 Å². The lowest BCUT2D eigenvalue weighted by Gasteiger charge is -1.98. The molecule has 0 saturated heterocycles. The fourth-order valence-electron chi connectivity index (χ4n) is 0.953. The Bertz CT molecular complexity index is 414. The van der Waals surface area contributed by atoms with E-state index < -0.39 is 0 Å². The number of hydrogen-bond acceptors (Lipinski definition) is 3. The minimum Gasteiger partial charge on any atom is -0.472 e. The monoisotopic (exact) mass is 214 g/mol. The molecular formula is C8H4Cl2N2O. The Kier molecular flexibility index (Phi) is 2.20. The molecule has 2 aromatic heterocycles. The van der Waals surface area contributed by atoms with Gasteiger partial charge in [-0.15, -0.1) is 0 Å². The highest BCUT2D eigenvalue weighted by Crippen LogP contribution is 2.26. The summed E-state index contributed by atoms with van der Waals surface area (Å²) >= 11 is 11.4. The van der Waals surface area contributed by atoms with E-state index in [9.17, 15) is 0 Å². The Balaban J connectivity index is 2.53. The van der Waals surface area contributed by atoms with Gasteiger partial charge in [0.1, 0.15) is 5.15 Å². The van der Waals surface area contributed by atoms with Gasteiger partial charge in [0.25, 0.3) is 0 Å². The van der Waals surface area contributed by atoms with Crippen molar-refractivity contribution in [3.8, 4) is 11.1 Å². The van der Waals surface area contributed by atoms with Crippen molar-refractivity contribution in [3.63, 3.8) is 0 Å². The molecule has 2 aromatic rings. The fraction of sp³-hybridized carbons (Fsp3) is 0. The van der Waals surface area contributed by atoms with Gasteiger partial charge >= 0.3 is 0 Å². The van der Waals surface area contributed by atoms with Crippen LogP contribution < -0.4 is 0 Å². The first kappa shape index (κ1) is 8.53. The number of furan rings is 1. The highest BCUT2D eigenvalue weighted by atomic mass is 35.5. The average molecular weight is 215 g/mol. The fourth-order valence-corrected chi connectivity index (χ4v) is 1.37. The van der Waals surface area contributed by atoms with Crippen LogP contribution in [-0.4, -0.2) is 9.97 Å². The normalized spacial score (nSPS) is 10.3. The summed E-state index contributed by atoms with van der Waals surface area (Å²) in [6.45, 7) is 0. The van der Waals surface area contributed by atoms with Crippen LogP contribution >= 0.6 is 23.2 Å². The SMILES string of the molecule is Clc1ncc(-c2ccoc2)c(Cl)n1. The lowest BCUT2D eigenvalue weighted by molar-refractivity contribution is 0.568. The summed E-state index contributed by atoms with van der Waals surface area (Å²) in [6, 6.07) is 1.78. The second kappa shape index (κ2) is 3.36. The molecule has 13 heavy (non-hydrogen) atoms. The quantitative estimate of drug-likeness (QED) is 0.542. The van der Waals surface area contributed by atoms with Crippen LogP contribution in [0.15, 0.2) is 29.2 Å². The summed E-state index contributed by atoms with van der Waals surface area (Å²) in [5, 5.41) is 0.457. The van der Waals surface area contributed by atoms with Gasteiger partial charge in [-0.25, -0.2) is 9.97 Å². The molecule has 0 unspecified atom stereocenters. The Labute approximate surface area is 84.3 Å². The molecular weight excluding hydrogens is 211 g/mol. The second-order valence-electron chi connectivity index (χ2n) is 2.36. The van der Waals surface area contributed by atoms with Gasteiger partial charge in [0.15, 0.2) is 0 Å². The molecule has 0 aliphatic rings. The first-order valence-corrected chi connectivity index (χ1v) is 4.23. The van der Waals surface area contributed by atoms with Crippen molar-refractivity contribution in [2.75, 3.05) is 0 Å². The third-order valence-corrected chi connectivity index (χ3v) is 2.02. The van der Waals surface area contributed by atoms with Crippen molar-refractivity contribution in [1.29, 1.82) is 0 Å². The first-order valence-electron chi connectivity index (χ1n) is 3.48. The summed E-state index contributed by atoms with van der Waals surface area (Å²) in [7, 11) is 0. The average Bonchev–Trinajstić information content (AvgIpc) is 2.56. The minimum atomic E-state index is 0.136. The highest BCUT2D eigenvalue weighted by Gasteiger charge is 2.06. The Morgan fingerprint density at radius 1 is 1.31 bits per heavy atom. The molecule has 2 heterocycles. The van der Waals surface area contributed by atoms with Crippen LogP contribution in [0.5, 0.6) is 0 Å². The van der Waals surface area contributed by atoms with Gasteiger partial charge in [-0.1, -0.05) is 11.6 Å². The van der Waals surface area contributed by atoms with E-state index in [-0.39, 0.29) is 5.28 Å². The van der Waals surface area contributed by atoms with Crippen molar-refractivity contribution >= 4 is 23.2 Å². The molecule has 2 rings (SSSR count). The standard InChI is InChI=1S/C8H4Cl2N2O/c9-7-6(3-11-8(10)12-7)5-1-2-13-4-5/h1-4H. The van der Waals surface area contributed by atoms with Crippen LogP contribution in [0, 0.1) is 0 Å². The molecule has 0 aliphatic heterocycles. The predicted molar refractivity (Wildman–Crippen MR) is 49.8 cm³/mol. The number of nitrogens with zero attached hydrogens (tertiary/aromatic N) is 2. The number of hydrogen-bond donors (Lipinski definition) is 0. The van der Waals surface area contributed by atoms with Crippen LogP contribution in [0.4, 0.5) is 0 Å². The summed E-state index contributed by atoms with van der Waals surface area (Å²) in [5.41, 5.74) is 1.54. The highest BCUT2D eigenvalue weighted by molar-refractivity contribution is 6.33. The van der Waals surface area contributed by atoms with Crippen LogP contribution in [0.1, 0.15) is 0 Å². The second-order valence-corrected chi connectivity index (χ2v) is 3.05. The van der Waals surface area contributed by atoms with Crippen molar-refractivity contribution in [2.45, 2.75) is 0 Å². The van der Waals surface area contributed by atoms with Gasteiger partial charge in [0, 0.05) is 17.3 Å². The molecule has 0 fully saturated rings. The third-order valence-electron chi connectivity index (χ3n) is 1.55. The van der Waals surface area contributed by atoms with E-state index >= 15 is 0 Å². The number of aromatic nitrogens is 2. The van der Waals surface area contributed by atoms with Crippen LogP contribution in [-0.2, 0) is 0 Å². The van der Waals surface area contributed by atoms with E-state index in [0.717, 1.165) is 5.56 Å². The van der Waals surface area contributed by atoms with Crippen LogP contribution in [0.3, 0.4) is 0 Å². The molecule has 0 spiro atoms. The Hall–Kier alpha value is -1.06. The molecule has 0 atom stereocenters. The predicted octanol–water partition coefficient (Wildman–Crippen LogP) is 3.04. The number of halogens is 2. The molecule has 66 valence electrons. The van der Waals surface area contributed by atoms with Gasteiger partial charge in [0.2, 0.25) is 5.28 Å². The lowest BCUT2D eigenvalue weighted by atomic mass is 10.2. The first-order chi connectivity index (χ1) is 6.27. The van der Waals surface area contributed by atoms with E-state index in [1.165, 1.54) is 0 Å². The molecule has 0 N–H and O–H groups in total. The number of rotatable bonds is 1. The maximum absolute atomic E-state index is 5.84. The molecule has 0 bridgehead atoms. The van der Waals surface area contributed by atoms with Gasteiger partial charge < -0.3 is 4.42 Å². The Morgan fingerprint density at radius 2 is 2.15 bits per heavy atom. The van der Waals surface area contributed by atoms with E-state index in [1.807, 2.05) is 0 Å². The summed E-state index contributed by atoms with van der Waals surface area (Å²) < 4.78 is 4.91. The van der Waals surface area contributed by atoms with Gasteiger partial charge in [-0.05, 0) is 17.7 Å². The largest absolute Gasteiger partial charge is 0.472 e. The van der Waals surface area contributed by atoms with Crippen molar-refractivity contribution in [3.05, 3.63) is 35.2 Å². The third kappa shape index (κ3) is 1.66. The topological polar surface area (TPSA) is 38.9 Å². The Morgan fingerprint density at radius 3 is 2.77 bits per heavy atom. The molecule has 0 radical (unpaired) electrons. The molecule has 0 saturated carbocycles. The lowest BCUT2D eigenvalue weighted by Crippen LogP contribution is -1.85. The minimum absolute atomic E-state index is 0.136.